The van der Waals surface area contributed by atoms with Crippen LogP contribution in [0.3, 0.4) is 0 Å². The number of urea groups is 1. The van der Waals surface area contributed by atoms with Crippen LogP contribution in [0.15, 0.2) is 85.1 Å². The average Bonchev–Trinajstić information content (AvgIpc) is 3.43. The zero-order valence-electron chi connectivity index (χ0n) is 22.6. The van der Waals surface area contributed by atoms with E-state index in [1.807, 2.05) is 76.7 Å². The van der Waals surface area contributed by atoms with Crippen LogP contribution in [0.4, 0.5) is 16.2 Å². The molecule has 40 heavy (non-hydrogen) atoms. The number of carbonyl (C=O) groups excluding carboxylic acids is 2. The number of nitrogens with two attached hydrogens (primary N) is 1. The third-order valence-corrected chi connectivity index (χ3v) is 8.21. The van der Waals surface area contributed by atoms with E-state index in [2.05, 4.69) is 33.4 Å². The zero-order chi connectivity index (χ0) is 27.5. The third kappa shape index (κ3) is 5.27. The number of anilines is 2. The van der Waals surface area contributed by atoms with Gasteiger partial charge < -0.3 is 30.7 Å². The van der Waals surface area contributed by atoms with Crippen LogP contribution in [-0.4, -0.2) is 67.1 Å². The first kappa shape index (κ1) is 26.0. The molecule has 1 fully saturated rings. The SMILES string of the molecule is NC[C@@H]1Cc2ccccc2N(C(=O)C(Cc2c[nH]c3ccccc23)NC(=O)N2CCN(c3ccccc3)CC2)C1. The van der Waals surface area contributed by atoms with Crippen LogP contribution in [0, 0.1) is 5.92 Å². The molecule has 0 spiro atoms. The summed E-state index contributed by atoms with van der Waals surface area (Å²) in [6, 6.07) is 25.4. The van der Waals surface area contributed by atoms with Crippen molar-refractivity contribution in [2.45, 2.75) is 18.9 Å². The van der Waals surface area contributed by atoms with Gasteiger partial charge in [-0.2, -0.15) is 0 Å². The molecule has 0 radical (unpaired) electrons. The molecular formula is C32H36N6O2. The Morgan fingerprint density at radius 3 is 2.45 bits per heavy atom. The van der Waals surface area contributed by atoms with Gasteiger partial charge in [-0.05, 0) is 54.3 Å². The molecule has 206 valence electrons. The number of aromatic amines is 1. The Kier molecular flexibility index (Phi) is 7.42. The number of hydrogen-bond donors (Lipinski definition) is 3. The predicted octanol–water partition coefficient (Wildman–Crippen LogP) is 3.78. The van der Waals surface area contributed by atoms with Gasteiger partial charge in [0.2, 0.25) is 5.91 Å². The molecule has 0 saturated carbocycles. The second kappa shape index (κ2) is 11.4. The molecule has 6 rings (SSSR count). The van der Waals surface area contributed by atoms with Crippen LogP contribution in [-0.2, 0) is 17.6 Å². The first-order valence-corrected chi connectivity index (χ1v) is 14.1. The Morgan fingerprint density at radius 2 is 1.65 bits per heavy atom. The summed E-state index contributed by atoms with van der Waals surface area (Å²) >= 11 is 0. The molecule has 4 aromatic rings. The van der Waals surface area contributed by atoms with E-state index in [1.54, 1.807) is 0 Å². The zero-order valence-corrected chi connectivity index (χ0v) is 22.6. The van der Waals surface area contributed by atoms with Crippen LogP contribution >= 0.6 is 0 Å². The highest BCUT2D eigenvalue weighted by atomic mass is 16.2. The van der Waals surface area contributed by atoms with Crippen LogP contribution in [0.5, 0.6) is 0 Å². The fourth-order valence-electron chi connectivity index (χ4n) is 6.00. The van der Waals surface area contributed by atoms with Gasteiger partial charge in [0.15, 0.2) is 0 Å². The monoisotopic (exact) mass is 536 g/mol. The maximum absolute atomic E-state index is 14.3. The maximum Gasteiger partial charge on any atom is 0.318 e. The molecule has 0 aliphatic carbocycles. The van der Waals surface area contributed by atoms with Crippen molar-refractivity contribution in [3.8, 4) is 0 Å². The van der Waals surface area contributed by atoms with Gasteiger partial charge in [-0.3, -0.25) is 4.79 Å². The van der Waals surface area contributed by atoms with Crippen LogP contribution in [0.25, 0.3) is 10.9 Å². The standard InChI is InChI=1S/C32H36N6O2/c33-20-23-18-24-8-4-7-13-30(24)38(22-23)31(39)29(19-25-21-34-28-12-6-5-11-27(25)28)35-32(40)37-16-14-36(15-17-37)26-9-2-1-3-10-26/h1-13,21,23,29,34H,14-20,22,33H2,(H,35,40)/t23-,29?/m0/s1. The first-order chi connectivity index (χ1) is 19.6. The summed E-state index contributed by atoms with van der Waals surface area (Å²) in [5.74, 6) is 0.0708. The van der Waals surface area contributed by atoms with Crippen LogP contribution in [0.1, 0.15) is 11.1 Å². The summed E-state index contributed by atoms with van der Waals surface area (Å²) < 4.78 is 0. The number of rotatable bonds is 6. The number of fused-ring (bicyclic) bond motifs is 2. The van der Waals surface area contributed by atoms with Crippen molar-refractivity contribution in [3.63, 3.8) is 0 Å². The number of nitrogens with one attached hydrogen (secondary N) is 2. The number of nitrogens with zero attached hydrogens (tertiary/aromatic N) is 3. The van der Waals surface area contributed by atoms with E-state index in [9.17, 15) is 9.59 Å². The van der Waals surface area contributed by atoms with Crippen molar-refractivity contribution in [3.05, 3.63) is 96.2 Å². The lowest BCUT2D eigenvalue weighted by Gasteiger charge is -2.38. The van der Waals surface area contributed by atoms with E-state index in [0.717, 1.165) is 52.9 Å². The molecule has 3 heterocycles. The van der Waals surface area contributed by atoms with E-state index in [4.69, 9.17) is 5.73 Å². The number of piperazine rings is 1. The van der Waals surface area contributed by atoms with E-state index in [1.165, 1.54) is 0 Å². The smallest absolute Gasteiger partial charge is 0.318 e. The molecule has 8 heteroatoms. The number of aromatic nitrogens is 1. The molecule has 4 N–H and O–H groups in total. The van der Waals surface area contributed by atoms with Gasteiger partial charge >= 0.3 is 6.03 Å². The minimum atomic E-state index is -0.719. The molecular weight excluding hydrogens is 500 g/mol. The summed E-state index contributed by atoms with van der Waals surface area (Å²) in [6.07, 6.45) is 3.19. The number of carbonyl (C=O) groups is 2. The van der Waals surface area contributed by atoms with Gasteiger partial charge in [0.05, 0.1) is 0 Å². The van der Waals surface area contributed by atoms with E-state index < -0.39 is 6.04 Å². The van der Waals surface area contributed by atoms with Crippen molar-refractivity contribution in [1.29, 1.82) is 0 Å². The summed E-state index contributed by atoms with van der Waals surface area (Å²) in [4.78, 5) is 37.1. The fourth-order valence-corrected chi connectivity index (χ4v) is 6.00. The highest BCUT2D eigenvalue weighted by Crippen LogP contribution is 2.30. The van der Waals surface area contributed by atoms with Crippen LogP contribution < -0.4 is 20.9 Å². The summed E-state index contributed by atoms with van der Waals surface area (Å²) in [5, 5.41) is 4.20. The molecule has 2 aliphatic heterocycles. The molecule has 1 saturated heterocycles. The highest BCUT2D eigenvalue weighted by Gasteiger charge is 2.34. The number of amides is 3. The molecule has 0 bridgehead atoms. The Balaban J connectivity index is 1.24. The highest BCUT2D eigenvalue weighted by molar-refractivity contribution is 6.00. The van der Waals surface area contributed by atoms with Gasteiger partial charge in [-0.1, -0.05) is 54.6 Å². The molecule has 1 unspecified atom stereocenters. The Bertz CT molecular complexity index is 1480. The Labute approximate surface area is 234 Å². The normalized spacial score (nSPS) is 17.9. The minimum Gasteiger partial charge on any atom is -0.368 e. The van der Waals surface area contributed by atoms with Gasteiger partial charge in [0.1, 0.15) is 6.04 Å². The third-order valence-electron chi connectivity index (χ3n) is 8.21. The largest absolute Gasteiger partial charge is 0.368 e. The van der Waals surface area contributed by atoms with Crippen molar-refractivity contribution in [2.75, 3.05) is 49.1 Å². The lowest BCUT2D eigenvalue weighted by Crippen LogP contribution is -2.58. The molecule has 8 nitrogen and oxygen atoms in total. The van der Waals surface area contributed by atoms with Gasteiger partial charge in [0, 0.05) is 67.6 Å². The Morgan fingerprint density at radius 1 is 0.925 bits per heavy atom. The van der Waals surface area contributed by atoms with E-state index >= 15 is 0 Å². The number of hydrogen-bond acceptors (Lipinski definition) is 4. The topological polar surface area (TPSA) is 97.7 Å². The van der Waals surface area contributed by atoms with Gasteiger partial charge in [0.25, 0.3) is 0 Å². The second-order valence-electron chi connectivity index (χ2n) is 10.8. The van der Waals surface area contributed by atoms with Crippen molar-refractivity contribution < 1.29 is 9.59 Å². The van der Waals surface area contributed by atoms with Crippen molar-refractivity contribution in [1.82, 2.24) is 15.2 Å². The molecule has 1 aromatic heterocycles. The van der Waals surface area contributed by atoms with E-state index in [-0.39, 0.29) is 17.9 Å². The second-order valence-corrected chi connectivity index (χ2v) is 10.8. The van der Waals surface area contributed by atoms with E-state index in [0.29, 0.717) is 32.6 Å². The fraction of sp³-hybridized carbons (Fsp3) is 0.312. The summed E-state index contributed by atoms with van der Waals surface area (Å²) in [5.41, 5.74) is 11.3. The number of H-pyrrole nitrogens is 1. The molecule has 2 aliphatic rings. The summed E-state index contributed by atoms with van der Waals surface area (Å²) in [6.45, 7) is 3.73. The number of para-hydroxylation sites is 3. The number of benzene rings is 3. The average molecular weight is 537 g/mol. The molecule has 3 amide bonds. The maximum atomic E-state index is 14.3. The predicted molar refractivity (Wildman–Crippen MR) is 160 cm³/mol. The summed E-state index contributed by atoms with van der Waals surface area (Å²) in [7, 11) is 0. The van der Waals surface area contributed by atoms with Gasteiger partial charge in [-0.15, -0.1) is 0 Å². The lowest BCUT2D eigenvalue weighted by molar-refractivity contribution is -0.120. The van der Waals surface area contributed by atoms with Crippen molar-refractivity contribution >= 4 is 34.2 Å². The first-order valence-electron chi connectivity index (χ1n) is 14.1. The minimum absolute atomic E-state index is 0.104. The van der Waals surface area contributed by atoms with Crippen LogP contribution in [0.2, 0.25) is 0 Å². The molecule has 3 aromatic carbocycles. The quantitative estimate of drug-likeness (QED) is 0.349. The Hall–Kier alpha value is -4.30. The lowest BCUT2D eigenvalue weighted by atomic mass is 9.91. The van der Waals surface area contributed by atoms with Crippen molar-refractivity contribution in [2.24, 2.45) is 11.7 Å². The van der Waals surface area contributed by atoms with Gasteiger partial charge in [-0.25, -0.2) is 4.79 Å². The molecule has 2 atom stereocenters.